The minimum absolute atomic E-state index is 0.500. The van der Waals surface area contributed by atoms with E-state index in [0.717, 1.165) is 18.7 Å². The Hall–Kier alpha value is -2.41. The second kappa shape index (κ2) is 5.49. The van der Waals surface area contributed by atoms with Gasteiger partial charge in [-0.05, 0) is 23.4 Å². The van der Waals surface area contributed by atoms with Gasteiger partial charge in [0.05, 0.1) is 25.3 Å². The molecule has 0 saturated carbocycles. The molecule has 0 atom stereocenters. The first-order chi connectivity index (χ1) is 9.42. The molecule has 0 radical (unpaired) electrons. The van der Waals surface area contributed by atoms with Gasteiger partial charge < -0.3 is 14.2 Å². The van der Waals surface area contributed by atoms with E-state index in [1.54, 1.807) is 35.7 Å². The Balaban J connectivity index is 1.48. The lowest BCUT2D eigenvalue weighted by atomic mass is 10.3. The molecular weight excluding hydrogens is 246 g/mol. The fraction of sp³-hybridized carbons (Fsp3) is 0.250. The Labute approximate surface area is 109 Å². The lowest BCUT2D eigenvalue weighted by molar-refractivity contribution is 0.489. The Morgan fingerprint density at radius 2 is 2.26 bits per heavy atom. The second-order valence-electron chi connectivity index (χ2n) is 3.99. The maximum atomic E-state index is 5.20. The molecule has 0 bridgehead atoms. The van der Waals surface area contributed by atoms with Gasteiger partial charge in [-0.15, -0.1) is 10.2 Å². The van der Waals surface area contributed by atoms with Gasteiger partial charge in [0.2, 0.25) is 5.82 Å². The Kier molecular flexibility index (Phi) is 3.37. The lowest BCUT2D eigenvalue weighted by Crippen LogP contribution is -2.20. The lowest BCUT2D eigenvalue weighted by Gasteiger charge is -2.01. The second-order valence-corrected chi connectivity index (χ2v) is 3.99. The van der Waals surface area contributed by atoms with E-state index < -0.39 is 0 Å². The monoisotopic (exact) mass is 259 g/mol. The molecule has 7 nitrogen and oxygen atoms in total. The van der Waals surface area contributed by atoms with E-state index >= 15 is 0 Å². The van der Waals surface area contributed by atoms with Gasteiger partial charge in [0.15, 0.2) is 5.76 Å². The fourth-order valence-corrected chi connectivity index (χ4v) is 1.65. The van der Waals surface area contributed by atoms with Crippen molar-refractivity contribution >= 4 is 0 Å². The normalized spacial score (nSPS) is 10.9. The summed E-state index contributed by atoms with van der Waals surface area (Å²) < 4.78 is 10.2. The minimum atomic E-state index is 0.500. The SMILES string of the molecule is c1coc(-c2nnn(CCNCc3ccoc3)n2)c1. The van der Waals surface area contributed by atoms with Crippen molar-refractivity contribution < 1.29 is 8.83 Å². The molecule has 98 valence electrons. The molecule has 0 saturated heterocycles. The van der Waals surface area contributed by atoms with Crippen molar-refractivity contribution in [1.82, 2.24) is 25.5 Å². The first kappa shape index (κ1) is 11.7. The number of hydrogen-bond acceptors (Lipinski definition) is 6. The van der Waals surface area contributed by atoms with Crippen LogP contribution in [0.15, 0.2) is 45.8 Å². The highest BCUT2D eigenvalue weighted by Crippen LogP contribution is 2.12. The highest BCUT2D eigenvalue weighted by molar-refractivity contribution is 5.43. The summed E-state index contributed by atoms with van der Waals surface area (Å²) in [4.78, 5) is 1.54. The molecule has 0 fully saturated rings. The van der Waals surface area contributed by atoms with Gasteiger partial charge in [-0.3, -0.25) is 0 Å². The molecule has 0 aliphatic heterocycles. The fourth-order valence-electron chi connectivity index (χ4n) is 1.65. The molecule has 0 unspecified atom stereocenters. The summed E-state index contributed by atoms with van der Waals surface area (Å²) in [6, 6.07) is 5.52. The number of aromatic nitrogens is 4. The molecule has 0 aliphatic carbocycles. The smallest absolute Gasteiger partial charge is 0.240 e. The first-order valence-electron chi connectivity index (χ1n) is 5.95. The van der Waals surface area contributed by atoms with Crippen molar-refractivity contribution in [2.45, 2.75) is 13.1 Å². The van der Waals surface area contributed by atoms with Crippen molar-refractivity contribution in [3.05, 3.63) is 42.6 Å². The average Bonchev–Trinajstić information content (AvgIpc) is 3.15. The summed E-state index contributed by atoms with van der Waals surface area (Å²) >= 11 is 0. The summed E-state index contributed by atoms with van der Waals surface area (Å²) in [5.74, 6) is 1.12. The predicted molar refractivity (Wildman–Crippen MR) is 65.9 cm³/mol. The van der Waals surface area contributed by atoms with Crippen molar-refractivity contribution in [3.63, 3.8) is 0 Å². The summed E-state index contributed by atoms with van der Waals surface area (Å²) in [5.41, 5.74) is 1.11. The third-order valence-electron chi connectivity index (χ3n) is 2.59. The van der Waals surface area contributed by atoms with Gasteiger partial charge in [0.25, 0.3) is 0 Å². The highest BCUT2D eigenvalue weighted by atomic mass is 16.3. The maximum Gasteiger partial charge on any atom is 0.240 e. The molecule has 1 N–H and O–H groups in total. The molecule has 3 aromatic rings. The highest BCUT2D eigenvalue weighted by Gasteiger charge is 2.07. The number of rotatable bonds is 6. The summed E-state index contributed by atoms with van der Waals surface area (Å²) in [5, 5.41) is 15.4. The van der Waals surface area contributed by atoms with Crippen LogP contribution in [0.25, 0.3) is 11.6 Å². The molecule has 0 aliphatic rings. The van der Waals surface area contributed by atoms with Crippen LogP contribution in [0.2, 0.25) is 0 Å². The Morgan fingerprint density at radius 3 is 3.05 bits per heavy atom. The average molecular weight is 259 g/mol. The van der Waals surface area contributed by atoms with Crippen LogP contribution in [0.4, 0.5) is 0 Å². The molecule has 19 heavy (non-hydrogen) atoms. The van der Waals surface area contributed by atoms with Crippen molar-refractivity contribution in [1.29, 1.82) is 0 Å². The van der Waals surface area contributed by atoms with Crippen LogP contribution in [0.1, 0.15) is 5.56 Å². The topological polar surface area (TPSA) is 81.9 Å². The van der Waals surface area contributed by atoms with E-state index in [4.69, 9.17) is 8.83 Å². The molecule has 0 aromatic carbocycles. The van der Waals surface area contributed by atoms with Crippen LogP contribution < -0.4 is 5.32 Å². The minimum Gasteiger partial charge on any atom is -0.472 e. The molecule has 3 aromatic heterocycles. The van der Waals surface area contributed by atoms with Crippen molar-refractivity contribution in [2.75, 3.05) is 6.54 Å². The number of tetrazole rings is 1. The number of nitrogens with one attached hydrogen (secondary N) is 1. The van der Waals surface area contributed by atoms with Crippen molar-refractivity contribution in [2.24, 2.45) is 0 Å². The first-order valence-corrected chi connectivity index (χ1v) is 5.95. The number of hydrogen-bond donors (Lipinski definition) is 1. The van der Waals surface area contributed by atoms with Crippen LogP contribution in [0.5, 0.6) is 0 Å². The molecule has 3 rings (SSSR count). The molecule has 0 amide bonds. The van der Waals surface area contributed by atoms with Gasteiger partial charge in [0.1, 0.15) is 0 Å². The molecule has 7 heteroatoms. The third-order valence-corrected chi connectivity index (χ3v) is 2.59. The van der Waals surface area contributed by atoms with E-state index in [2.05, 4.69) is 20.7 Å². The number of nitrogens with zero attached hydrogens (tertiary/aromatic N) is 4. The Morgan fingerprint density at radius 1 is 1.26 bits per heavy atom. The summed E-state index contributed by atoms with van der Waals surface area (Å²) in [6.45, 7) is 2.15. The predicted octanol–water partition coefficient (Wildman–Crippen LogP) is 1.32. The zero-order valence-corrected chi connectivity index (χ0v) is 10.2. The van der Waals surface area contributed by atoms with E-state index in [1.807, 2.05) is 6.07 Å². The van der Waals surface area contributed by atoms with Gasteiger partial charge in [0, 0.05) is 18.7 Å². The van der Waals surface area contributed by atoms with E-state index in [0.29, 0.717) is 18.1 Å². The van der Waals surface area contributed by atoms with E-state index in [-0.39, 0.29) is 0 Å². The summed E-state index contributed by atoms with van der Waals surface area (Å²) in [7, 11) is 0. The zero-order valence-electron chi connectivity index (χ0n) is 10.2. The van der Waals surface area contributed by atoms with Crippen LogP contribution in [-0.2, 0) is 13.1 Å². The van der Waals surface area contributed by atoms with Crippen LogP contribution in [-0.4, -0.2) is 26.8 Å². The van der Waals surface area contributed by atoms with Crippen LogP contribution >= 0.6 is 0 Å². The van der Waals surface area contributed by atoms with Crippen molar-refractivity contribution in [3.8, 4) is 11.6 Å². The molecular formula is C12H13N5O2. The summed E-state index contributed by atoms with van der Waals surface area (Å²) in [6.07, 6.45) is 4.96. The van der Waals surface area contributed by atoms with Crippen LogP contribution in [0, 0.1) is 0 Å². The largest absolute Gasteiger partial charge is 0.472 e. The van der Waals surface area contributed by atoms with Crippen LogP contribution in [0.3, 0.4) is 0 Å². The van der Waals surface area contributed by atoms with E-state index in [9.17, 15) is 0 Å². The standard InChI is InChI=1S/C12H13N5O2/c1-2-11(19-6-1)12-14-16-17(15-12)5-4-13-8-10-3-7-18-9-10/h1-3,6-7,9,13H,4-5,8H2. The molecule has 0 spiro atoms. The molecule has 3 heterocycles. The van der Waals surface area contributed by atoms with E-state index in [1.165, 1.54) is 0 Å². The van der Waals surface area contributed by atoms with Gasteiger partial charge in [-0.2, -0.15) is 4.80 Å². The third kappa shape index (κ3) is 2.89. The maximum absolute atomic E-state index is 5.20. The Bertz CT molecular complexity index is 600. The van der Waals surface area contributed by atoms with Gasteiger partial charge in [-0.1, -0.05) is 0 Å². The van der Waals surface area contributed by atoms with Gasteiger partial charge >= 0.3 is 0 Å². The van der Waals surface area contributed by atoms with Gasteiger partial charge in [-0.25, -0.2) is 0 Å². The quantitative estimate of drug-likeness (QED) is 0.672. The number of furan rings is 2. The zero-order chi connectivity index (χ0) is 12.9.